The zero-order chi connectivity index (χ0) is 14.8. The van der Waals surface area contributed by atoms with Gasteiger partial charge in [0.1, 0.15) is 11.3 Å². The summed E-state index contributed by atoms with van der Waals surface area (Å²) in [6.45, 7) is 1.67. The molecular weight excluding hydrogens is 288 g/mol. The normalized spacial score (nSPS) is 20.0. The van der Waals surface area contributed by atoms with Crippen LogP contribution < -0.4 is 0 Å². The molecule has 0 spiro atoms. The molecule has 1 atom stereocenters. The van der Waals surface area contributed by atoms with Crippen molar-refractivity contribution in [3.05, 3.63) is 35.0 Å². The number of halogens is 1. The molecule has 0 saturated carbocycles. The van der Waals surface area contributed by atoms with Gasteiger partial charge in [-0.15, -0.1) is 0 Å². The molecule has 0 aliphatic carbocycles. The van der Waals surface area contributed by atoms with E-state index in [9.17, 15) is 10.2 Å². The van der Waals surface area contributed by atoms with E-state index in [1.165, 1.54) is 0 Å². The van der Waals surface area contributed by atoms with Gasteiger partial charge in [0.05, 0.1) is 11.6 Å². The molecule has 0 unspecified atom stereocenters. The summed E-state index contributed by atoms with van der Waals surface area (Å²) in [5.74, 6) is 0.192. The number of fused-ring (bicyclic) bond motifs is 1. The van der Waals surface area contributed by atoms with E-state index in [1.54, 1.807) is 12.3 Å². The van der Waals surface area contributed by atoms with Crippen LogP contribution in [0.25, 0.3) is 10.9 Å². The Balaban J connectivity index is 1.95. The van der Waals surface area contributed by atoms with Crippen molar-refractivity contribution in [2.24, 2.45) is 0 Å². The summed E-state index contributed by atoms with van der Waals surface area (Å²) in [6.07, 6.45) is 4.92. The number of likely N-dealkylation sites (tertiary alicyclic amines) is 1. The molecule has 21 heavy (non-hydrogen) atoms. The topological polar surface area (TPSA) is 56.6 Å². The number of benzene rings is 1. The maximum absolute atomic E-state index is 10.5. The lowest BCUT2D eigenvalue weighted by Crippen LogP contribution is -2.41. The van der Waals surface area contributed by atoms with E-state index in [4.69, 9.17) is 11.6 Å². The van der Waals surface area contributed by atoms with E-state index in [2.05, 4.69) is 9.88 Å². The van der Waals surface area contributed by atoms with Crippen LogP contribution in [0.3, 0.4) is 0 Å². The van der Waals surface area contributed by atoms with Gasteiger partial charge in [0.2, 0.25) is 0 Å². The minimum Gasteiger partial charge on any atom is -0.505 e. The third-order valence-corrected chi connectivity index (χ3v) is 4.54. The molecule has 2 N–H and O–H groups in total. The van der Waals surface area contributed by atoms with Gasteiger partial charge in [0, 0.05) is 29.7 Å². The molecule has 5 heteroatoms. The number of hydrogen-bond donors (Lipinski definition) is 2. The van der Waals surface area contributed by atoms with Crippen molar-refractivity contribution in [3.63, 3.8) is 0 Å². The molecule has 1 aromatic carbocycles. The number of nitrogens with zero attached hydrogens (tertiary/aromatic N) is 2. The van der Waals surface area contributed by atoms with Crippen LogP contribution in [0.5, 0.6) is 5.75 Å². The minimum absolute atomic E-state index is 0.153. The van der Waals surface area contributed by atoms with Gasteiger partial charge < -0.3 is 10.2 Å². The summed E-state index contributed by atoms with van der Waals surface area (Å²) in [5.41, 5.74) is 1.31. The van der Waals surface area contributed by atoms with E-state index in [-0.39, 0.29) is 18.4 Å². The first kappa shape index (κ1) is 14.6. The highest BCUT2D eigenvalue weighted by Crippen LogP contribution is 2.34. The molecule has 0 amide bonds. The zero-order valence-corrected chi connectivity index (χ0v) is 12.6. The fourth-order valence-electron chi connectivity index (χ4n) is 3.05. The maximum Gasteiger partial charge on any atom is 0.146 e. The average Bonchev–Trinajstić information content (AvgIpc) is 2.53. The van der Waals surface area contributed by atoms with Crippen LogP contribution >= 0.6 is 11.6 Å². The quantitative estimate of drug-likeness (QED) is 0.915. The largest absolute Gasteiger partial charge is 0.505 e. The van der Waals surface area contributed by atoms with Gasteiger partial charge in [0.15, 0.2) is 0 Å². The van der Waals surface area contributed by atoms with E-state index >= 15 is 0 Å². The molecule has 1 aliphatic heterocycles. The van der Waals surface area contributed by atoms with Gasteiger partial charge in [-0.2, -0.15) is 0 Å². The fraction of sp³-hybridized carbons (Fsp3) is 0.438. The Morgan fingerprint density at radius 2 is 2.24 bits per heavy atom. The predicted octanol–water partition coefficient (Wildman–Crippen LogP) is 2.94. The highest BCUT2D eigenvalue weighted by atomic mass is 35.5. The summed E-state index contributed by atoms with van der Waals surface area (Å²) in [5, 5.41) is 21.3. The molecule has 112 valence electrons. The number of pyridine rings is 1. The number of aliphatic hydroxyl groups is 1. The Morgan fingerprint density at radius 1 is 1.38 bits per heavy atom. The Bertz CT molecular complexity index is 647. The van der Waals surface area contributed by atoms with E-state index in [0.717, 1.165) is 36.8 Å². The number of aromatic hydroxyl groups is 1. The number of phenolic OH excluding ortho intramolecular Hbond substituents is 1. The van der Waals surface area contributed by atoms with E-state index in [1.807, 2.05) is 12.1 Å². The van der Waals surface area contributed by atoms with Gasteiger partial charge in [0.25, 0.3) is 0 Å². The molecule has 1 fully saturated rings. The predicted molar refractivity (Wildman–Crippen MR) is 83.6 cm³/mol. The zero-order valence-electron chi connectivity index (χ0n) is 11.8. The van der Waals surface area contributed by atoms with Crippen molar-refractivity contribution < 1.29 is 10.2 Å². The number of rotatable bonds is 3. The van der Waals surface area contributed by atoms with E-state index in [0.29, 0.717) is 17.1 Å². The van der Waals surface area contributed by atoms with Crippen LogP contribution in [0.15, 0.2) is 24.4 Å². The Morgan fingerprint density at radius 3 is 3.05 bits per heavy atom. The lowest BCUT2D eigenvalue weighted by molar-refractivity contribution is 0.0835. The first-order chi connectivity index (χ1) is 10.2. The number of phenols is 1. The third-order valence-electron chi connectivity index (χ3n) is 4.23. The van der Waals surface area contributed by atoms with Crippen molar-refractivity contribution in [2.75, 3.05) is 13.2 Å². The van der Waals surface area contributed by atoms with E-state index < -0.39 is 0 Å². The minimum atomic E-state index is 0.153. The molecule has 1 aliphatic rings. The Hall–Kier alpha value is -1.36. The monoisotopic (exact) mass is 306 g/mol. The average molecular weight is 307 g/mol. The van der Waals surface area contributed by atoms with Crippen LogP contribution in [-0.2, 0) is 6.54 Å². The smallest absolute Gasteiger partial charge is 0.146 e. The van der Waals surface area contributed by atoms with Crippen molar-refractivity contribution in [1.82, 2.24) is 9.88 Å². The van der Waals surface area contributed by atoms with Gasteiger partial charge in [-0.05, 0) is 37.6 Å². The molecule has 1 saturated heterocycles. The number of aliphatic hydroxyl groups excluding tert-OH is 1. The van der Waals surface area contributed by atoms with Crippen LogP contribution in [-0.4, -0.2) is 39.3 Å². The Kier molecular flexibility index (Phi) is 4.29. The summed E-state index contributed by atoms with van der Waals surface area (Å²) in [7, 11) is 0. The lowest BCUT2D eigenvalue weighted by Gasteiger charge is -2.34. The van der Waals surface area contributed by atoms with Crippen molar-refractivity contribution in [2.45, 2.75) is 31.8 Å². The molecule has 3 rings (SSSR count). The summed E-state index contributed by atoms with van der Waals surface area (Å²) < 4.78 is 0. The fourth-order valence-corrected chi connectivity index (χ4v) is 3.34. The maximum atomic E-state index is 10.5. The number of aromatic nitrogens is 1. The summed E-state index contributed by atoms with van der Waals surface area (Å²) >= 11 is 6.30. The van der Waals surface area contributed by atoms with Crippen LogP contribution in [0.4, 0.5) is 0 Å². The van der Waals surface area contributed by atoms with Gasteiger partial charge in [-0.25, -0.2) is 0 Å². The van der Waals surface area contributed by atoms with Crippen LogP contribution in [0, 0.1) is 0 Å². The third kappa shape index (κ3) is 2.84. The molecule has 2 heterocycles. The molecule has 4 nitrogen and oxygen atoms in total. The Labute approximate surface area is 129 Å². The number of hydrogen-bond acceptors (Lipinski definition) is 4. The molecule has 0 bridgehead atoms. The second-order valence-electron chi connectivity index (χ2n) is 5.57. The van der Waals surface area contributed by atoms with Crippen LogP contribution in [0.1, 0.15) is 24.8 Å². The van der Waals surface area contributed by atoms with Crippen LogP contribution in [0.2, 0.25) is 5.02 Å². The lowest BCUT2D eigenvalue weighted by atomic mass is 10.0. The van der Waals surface area contributed by atoms with Gasteiger partial charge in [-0.1, -0.05) is 18.0 Å². The molecule has 1 aromatic heterocycles. The second kappa shape index (κ2) is 6.18. The first-order valence-electron chi connectivity index (χ1n) is 7.30. The SMILES string of the molecule is OC[C@@H]1CCCCN1Cc1cc(Cl)c2cccnc2c1O. The molecule has 0 radical (unpaired) electrons. The van der Waals surface area contributed by atoms with Crippen molar-refractivity contribution >= 4 is 22.5 Å². The molecular formula is C16H19ClN2O2. The first-order valence-corrected chi connectivity index (χ1v) is 7.68. The highest BCUT2D eigenvalue weighted by molar-refractivity contribution is 6.35. The standard InChI is InChI=1S/C16H19ClN2O2/c17-14-8-11(9-19-7-2-1-4-12(19)10-20)16(21)15-13(14)5-3-6-18-15/h3,5-6,8,12,20-21H,1-2,4,7,9-10H2/t12-/m0/s1. The highest BCUT2D eigenvalue weighted by Gasteiger charge is 2.23. The molecule has 2 aromatic rings. The summed E-state index contributed by atoms with van der Waals surface area (Å²) in [4.78, 5) is 6.44. The summed E-state index contributed by atoms with van der Waals surface area (Å²) in [6, 6.07) is 5.63. The second-order valence-corrected chi connectivity index (χ2v) is 5.98. The van der Waals surface area contributed by atoms with Crippen molar-refractivity contribution in [1.29, 1.82) is 0 Å². The number of piperidine rings is 1. The van der Waals surface area contributed by atoms with Gasteiger partial charge in [-0.3, -0.25) is 9.88 Å². The van der Waals surface area contributed by atoms with Gasteiger partial charge >= 0.3 is 0 Å². The van der Waals surface area contributed by atoms with Crippen molar-refractivity contribution in [3.8, 4) is 5.75 Å².